The monoisotopic (exact) mass is 409 g/mol. The van der Waals surface area contributed by atoms with E-state index >= 15 is 0 Å². The first kappa shape index (κ1) is 21.1. The second-order valence-corrected chi connectivity index (χ2v) is 6.77. The number of furan rings is 1. The maximum absolute atomic E-state index is 12.2. The number of fused-ring (bicyclic) bond motifs is 1. The molecule has 0 radical (unpaired) electrons. The zero-order valence-electron chi connectivity index (χ0n) is 17.1. The maximum atomic E-state index is 12.2. The molecule has 7 nitrogen and oxygen atoms in total. The molecule has 7 heteroatoms. The molecule has 0 spiro atoms. The molecule has 1 heterocycles. The van der Waals surface area contributed by atoms with Gasteiger partial charge in [-0.3, -0.25) is 9.59 Å². The lowest BCUT2D eigenvalue weighted by molar-refractivity contribution is -0.143. The van der Waals surface area contributed by atoms with Crippen LogP contribution in [0.5, 0.6) is 0 Å². The van der Waals surface area contributed by atoms with Crippen LogP contribution in [0.1, 0.15) is 44.5 Å². The van der Waals surface area contributed by atoms with Crippen molar-refractivity contribution in [3.05, 3.63) is 70.5 Å². The minimum absolute atomic E-state index is 0.00464. The minimum Gasteiger partial charge on any atom is -0.460 e. The predicted molar refractivity (Wildman–Crippen MR) is 110 cm³/mol. The van der Waals surface area contributed by atoms with E-state index in [0.717, 1.165) is 11.1 Å². The summed E-state index contributed by atoms with van der Waals surface area (Å²) >= 11 is 0. The molecule has 0 atom stereocenters. The smallest absolute Gasteiger partial charge is 0.374 e. The van der Waals surface area contributed by atoms with Crippen LogP contribution in [0.25, 0.3) is 11.0 Å². The van der Waals surface area contributed by atoms with Gasteiger partial charge in [-0.15, -0.1) is 0 Å². The van der Waals surface area contributed by atoms with Gasteiger partial charge in [0.15, 0.2) is 0 Å². The van der Waals surface area contributed by atoms with Gasteiger partial charge in [0, 0.05) is 10.9 Å². The molecule has 3 rings (SSSR count). The molecule has 1 aromatic heterocycles. The molecule has 0 aliphatic rings. The fraction of sp³-hybridized carbons (Fsp3) is 0.261. The Morgan fingerprint density at radius 1 is 1.00 bits per heavy atom. The Kier molecular flexibility index (Phi) is 6.51. The van der Waals surface area contributed by atoms with Gasteiger partial charge in [-0.1, -0.05) is 24.3 Å². The van der Waals surface area contributed by atoms with Gasteiger partial charge in [-0.2, -0.15) is 0 Å². The molecule has 0 fully saturated rings. The van der Waals surface area contributed by atoms with Gasteiger partial charge in [0.05, 0.1) is 12.2 Å². The molecule has 3 aromatic rings. The van der Waals surface area contributed by atoms with Gasteiger partial charge in [0.25, 0.3) is 5.91 Å². The number of para-hydroxylation sites is 1. The summed E-state index contributed by atoms with van der Waals surface area (Å²) in [6.07, 6.45) is 0. The van der Waals surface area contributed by atoms with Crippen molar-refractivity contribution in [2.75, 3.05) is 13.2 Å². The lowest BCUT2D eigenvalue weighted by atomic mass is 10.1. The highest BCUT2D eigenvalue weighted by Gasteiger charge is 2.22. The van der Waals surface area contributed by atoms with Crippen LogP contribution >= 0.6 is 0 Å². The van der Waals surface area contributed by atoms with E-state index in [0.29, 0.717) is 22.1 Å². The molecule has 0 saturated heterocycles. The van der Waals surface area contributed by atoms with Crippen molar-refractivity contribution in [3.8, 4) is 0 Å². The van der Waals surface area contributed by atoms with Crippen LogP contribution in [0.3, 0.4) is 0 Å². The fourth-order valence-electron chi connectivity index (χ4n) is 2.94. The zero-order chi connectivity index (χ0) is 21.7. The summed E-state index contributed by atoms with van der Waals surface area (Å²) in [7, 11) is 0. The Balaban J connectivity index is 1.65. The first-order chi connectivity index (χ1) is 14.4. The molecular weight excluding hydrogens is 386 g/mol. The van der Waals surface area contributed by atoms with Crippen LogP contribution in [-0.2, 0) is 20.9 Å². The largest absolute Gasteiger partial charge is 0.460 e. The lowest BCUT2D eigenvalue weighted by Crippen LogP contribution is -2.30. The standard InChI is InChI=1S/C23H23NO6/c1-4-28-23(27)21-18(17-7-5-6-8-19(17)30-21)13-29-20(25)12-24-22(26)16-10-9-14(2)15(3)11-16/h5-11H,4,12-13H2,1-3H3,(H,24,26). The van der Waals surface area contributed by atoms with Gasteiger partial charge < -0.3 is 19.2 Å². The second kappa shape index (κ2) is 9.26. The number of nitrogens with one attached hydrogen (secondary N) is 1. The first-order valence-corrected chi connectivity index (χ1v) is 9.59. The van der Waals surface area contributed by atoms with E-state index in [9.17, 15) is 14.4 Å². The number of aryl methyl sites for hydroxylation is 2. The summed E-state index contributed by atoms with van der Waals surface area (Å²) in [5.74, 6) is -1.61. The number of ether oxygens (including phenoxy) is 2. The van der Waals surface area contributed by atoms with Gasteiger partial charge in [-0.05, 0) is 50.1 Å². The van der Waals surface area contributed by atoms with Crippen molar-refractivity contribution < 1.29 is 28.3 Å². The summed E-state index contributed by atoms with van der Waals surface area (Å²) in [5, 5.41) is 3.20. The highest BCUT2D eigenvalue weighted by molar-refractivity contribution is 5.97. The molecule has 30 heavy (non-hydrogen) atoms. The normalized spacial score (nSPS) is 10.6. The maximum Gasteiger partial charge on any atom is 0.374 e. The lowest BCUT2D eigenvalue weighted by Gasteiger charge is -2.08. The Bertz CT molecular complexity index is 1100. The molecule has 0 saturated carbocycles. The fourth-order valence-corrected chi connectivity index (χ4v) is 2.94. The third-order valence-corrected chi connectivity index (χ3v) is 4.70. The van der Waals surface area contributed by atoms with Crippen molar-refractivity contribution in [1.29, 1.82) is 0 Å². The number of carbonyl (C=O) groups is 3. The number of hydrogen-bond acceptors (Lipinski definition) is 6. The van der Waals surface area contributed by atoms with Gasteiger partial charge in [0.1, 0.15) is 18.7 Å². The van der Waals surface area contributed by atoms with E-state index in [2.05, 4.69) is 5.32 Å². The number of rotatable bonds is 7. The average molecular weight is 409 g/mol. The molecule has 0 aliphatic carbocycles. The highest BCUT2D eigenvalue weighted by Crippen LogP contribution is 2.27. The first-order valence-electron chi connectivity index (χ1n) is 9.59. The van der Waals surface area contributed by atoms with Crippen molar-refractivity contribution in [1.82, 2.24) is 5.32 Å². The molecular formula is C23H23NO6. The van der Waals surface area contributed by atoms with E-state index in [1.54, 1.807) is 43.3 Å². The van der Waals surface area contributed by atoms with E-state index in [4.69, 9.17) is 13.9 Å². The predicted octanol–water partition coefficient (Wildman–Crippen LogP) is 3.70. The van der Waals surface area contributed by atoms with Crippen LogP contribution in [0.4, 0.5) is 0 Å². The van der Waals surface area contributed by atoms with Gasteiger partial charge in [0.2, 0.25) is 5.76 Å². The summed E-state index contributed by atoms with van der Waals surface area (Å²) in [5.41, 5.74) is 3.46. The molecule has 2 aromatic carbocycles. The molecule has 0 aliphatic heterocycles. The Labute approximate surface area is 174 Å². The number of benzene rings is 2. The van der Waals surface area contributed by atoms with Crippen LogP contribution < -0.4 is 5.32 Å². The average Bonchev–Trinajstić information content (AvgIpc) is 3.11. The van der Waals surface area contributed by atoms with Crippen molar-refractivity contribution >= 4 is 28.8 Å². The van der Waals surface area contributed by atoms with E-state index in [1.165, 1.54) is 0 Å². The van der Waals surface area contributed by atoms with Crippen molar-refractivity contribution in [3.63, 3.8) is 0 Å². The number of amides is 1. The molecule has 156 valence electrons. The van der Waals surface area contributed by atoms with Crippen molar-refractivity contribution in [2.45, 2.75) is 27.4 Å². The van der Waals surface area contributed by atoms with Crippen LogP contribution in [0.15, 0.2) is 46.9 Å². The number of carbonyl (C=O) groups excluding carboxylic acids is 3. The topological polar surface area (TPSA) is 94.8 Å². The SMILES string of the molecule is CCOC(=O)c1oc2ccccc2c1COC(=O)CNC(=O)c1ccc(C)c(C)c1. The van der Waals surface area contributed by atoms with Crippen LogP contribution in [0.2, 0.25) is 0 Å². The highest BCUT2D eigenvalue weighted by atomic mass is 16.5. The number of hydrogen-bond donors (Lipinski definition) is 1. The number of esters is 2. The summed E-state index contributed by atoms with van der Waals surface area (Å²) in [6, 6.07) is 12.4. The minimum atomic E-state index is -0.632. The third kappa shape index (κ3) is 4.68. The summed E-state index contributed by atoms with van der Waals surface area (Å²) in [6.45, 7) is 5.28. The molecule has 1 N–H and O–H groups in total. The molecule has 0 bridgehead atoms. The van der Waals surface area contributed by atoms with Crippen LogP contribution in [0, 0.1) is 13.8 Å². The third-order valence-electron chi connectivity index (χ3n) is 4.70. The zero-order valence-corrected chi connectivity index (χ0v) is 17.1. The van der Waals surface area contributed by atoms with E-state index in [-0.39, 0.29) is 31.4 Å². The Hall–Kier alpha value is -3.61. The van der Waals surface area contributed by atoms with E-state index < -0.39 is 11.9 Å². The quantitative estimate of drug-likeness (QED) is 0.598. The molecule has 0 unspecified atom stereocenters. The second-order valence-electron chi connectivity index (χ2n) is 6.77. The Morgan fingerprint density at radius 3 is 2.50 bits per heavy atom. The molecule has 1 amide bonds. The van der Waals surface area contributed by atoms with Crippen LogP contribution in [-0.4, -0.2) is 31.0 Å². The van der Waals surface area contributed by atoms with E-state index in [1.807, 2.05) is 19.9 Å². The Morgan fingerprint density at radius 2 is 1.77 bits per heavy atom. The van der Waals surface area contributed by atoms with Gasteiger partial charge in [-0.25, -0.2) is 4.79 Å². The summed E-state index contributed by atoms with van der Waals surface area (Å²) < 4.78 is 15.9. The van der Waals surface area contributed by atoms with Gasteiger partial charge >= 0.3 is 11.9 Å². The summed E-state index contributed by atoms with van der Waals surface area (Å²) in [4.78, 5) is 36.6. The van der Waals surface area contributed by atoms with Crippen molar-refractivity contribution in [2.24, 2.45) is 0 Å².